The first-order valence-corrected chi connectivity index (χ1v) is 10.1. The maximum absolute atomic E-state index is 11.5. The van der Waals surface area contributed by atoms with Gasteiger partial charge in [0, 0.05) is 11.8 Å². The van der Waals surface area contributed by atoms with Crippen LogP contribution in [0.2, 0.25) is 0 Å². The number of aryl methyl sites for hydroxylation is 1. The Kier molecular flexibility index (Phi) is 13.2. The second-order valence-corrected chi connectivity index (χ2v) is 5.61. The second kappa shape index (κ2) is 14.8. The van der Waals surface area contributed by atoms with Gasteiger partial charge in [-0.2, -0.15) is 5.10 Å². The molecule has 0 unspecified atom stereocenters. The number of nitrogens with one attached hydrogen (secondary N) is 1. The highest BCUT2D eigenvalue weighted by Gasteiger charge is 2.09. The predicted octanol–water partition coefficient (Wildman–Crippen LogP) is 3.84. The minimum absolute atomic E-state index is 0.0865. The van der Waals surface area contributed by atoms with Crippen LogP contribution in [0.15, 0.2) is 48.3 Å². The van der Waals surface area contributed by atoms with Crippen molar-refractivity contribution in [1.29, 1.82) is 5.41 Å². The van der Waals surface area contributed by atoms with Crippen LogP contribution >= 0.6 is 0 Å². The van der Waals surface area contributed by atoms with Gasteiger partial charge in [-0.05, 0) is 51.1 Å². The van der Waals surface area contributed by atoms with E-state index in [1.54, 1.807) is 19.1 Å². The van der Waals surface area contributed by atoms with Gasteiger partial charge in [0.1, 0.15) is 5.70 Å². The molecule has 0 bridgehead atoms. The highest BCUT2D eigenvalue weighted by molar-refractivity contribution is 6.10. The molecule has 1 aromatic carbocycles. The molecule has 7 nitrogen and oxygen atoms in total. The third-order valence-corrected chi connectivity index (χ3v) is 3.76. The average molecular weight is 414 g/mol. The zero-order chi connectivity index (χ0) is 23.1. The molecule has 0 aliphatic heterocycles. The first-order valence-electron chi connectivity index (χ1n) is 10.1. The van der Waals surface area contributed by atoms with Crippen molar-refractivity contribution >= 4 is 17.8 Å². The third-order valence-electron chi connectivity index (χ3n) is 3.76. The SMILES string of the molecule is C/C=C\c1cn(-c2ccc(C(=N)/C=C(\N)C(=O)OCC)cc2)nc1CC.CC.CN. The van der Waals surface area contributed by atoms with Crippen molar-refractivity contribution in [2.24, 2.45) is 11.5 Å². The van der Waals surface area contributed by atoms with Crippen molar-refractivity contribution in [1.82, 2.24) is 9.78 Å². The molecule has 0 spiro atoms. The molecule has 0 aliphatic rings. The lowest BCUT2D eigenvalue weighted by Gasteiger charge is -2.05. The van der Waals surface area contributed by atoms with Crippen LogP contribution in [0.4, 0.5) is 0 Å². The summed E-state index contributed by atoms with van der Waals surface area (Å²) >= 11 is 0. The number of rotatable bonds is 7. The number of hydrogen-bond acceptors (Lipinski definition) is 6. The summed E-state index contributed by atoms with van der Waals surface area (Å²) in [4.78, 5) is 11.5. The molecular formula is C23H35N5O2. The summed E-state index contributed by atoms with van der Waals surface area (Å²) in [6.45, 7) is 10.0. The van der Waals surface area contributed by atoms with Crippen molar-refractivity contribution in [2.75, 3.05) is 13.7 Å². The van der Waals surface area contributed by atoms with Crippen molar-refractivity contribution in [3.8, 4) is 5.69 Å². The molecule has 1 heterocycles. The fraction of sp³-hybridized carbons (Fsp3) is 0.348. The van der Waals surface area contributed by atoms with E-state index in [4.69, 9.17) is 15.9 Å². The molecule has 7 heteroatoms. The van der Waals surface area contributed by atoms with Crippen molar-refractivity contribution in [2.45, 2.75) is 41.0 Å². The van der Waals surface area contributed by atoms with Gasteiger partial charge < -0.3 is 21.6 Å². The molecule has 0 radical (unpaired) electrons. The van der Waals surface area contributed by atoms with Gasteiger partial charge in [0.25, 0.3) is 0 Å². The van der Waals surface area contributed by atoms with E-state index >= 15 is 0 Å². The summed E-state index contributed by atoms with van der Waals surface area (Å²) in [7, 11) is 1.50. The van der Waals surface area contributed by atoms with E-state index in [9.17, 15) is 4.79 Å². The van der Waals surface area contributed by atoms with Gasteiger partial charge >= 0.3 is 5.97 Å². The molecule has 0 fully saturated rings. The Morgan fingerprint density at radius 2 is 1.80 bits per heavy atom. The van der Waals surface area contributed by atoms with E-state index in [0.29, 0.717) is 5.56 Å². The number of carbonyl (C=O) groups is 1. The molecule has 0 atom stereocenters. The minimum atomic E-state index is -0.617. The van der Waals surface area contributed by atoms with Crippen LogP contribution in [0, 0.1) is 5.41 Å². The standard InChI is InChI=1S/C20H24N4O2.C2H6.CH5N/c1-4-7-15-13-24(23-19(15)5-2)16-10-8-14(9-11-16)17(21)12-18(22)20(25)26-6-3;2*1-2/h4,7-13,21H,5-6,22H2,1-3H3;1-2H3;2H2,1H3/b7-4-,18-12-,21-17?;;. The van der Waals surface area contributed by atoms with Crippen molar-refractivity contribution in [3.05, 3.63) is 65.1 Å². The normalized spacial score (nSPS) is 10.6. The largest absolute Gasteiger partial charge is 0.461 e. The van der Waals surface area contributed by atoms with Gasteiger partial charge in [0.2, 0.25) is 0 Å². The highest BCUT2D eigenvalue weighted by atomic mass is 16.5. The quantitative estimate of drug-likeness (QED) is 0.362. The topological polar surface area (TPSA) is 120 Å². The minimum Gasteiger partial charge on any atom is -0.461 e. The molecule has 1 aromatic heterocycles. The zero-order valence-electron chi connectivity index (χ0n) is 18.9. The Labute approximate surface area is 179 Å². The fourth-order valence-electron chi connectivity index (χ4n) is 2.45. The van der Waals surface area contributed by atoms with Gasteiger partial charge in [-0.15, -0.1) is 0 Å². The average Bonchev–Trinajstić information content (AvgIpc) is 3.20. The Morgan fingerprint density at radius 3 is 2.30 bits per heavy atom. The van der Waals surface area contributed by atoms with Crippen molar-refractivity contribution < 1.29 is 9.53 Å². The number of nitrogens with two attached hydrogens (primary N) is 2. The number of ether oxygens (including phenoxy) is 1. The summed E-state index contributed by atoms with van der Waals surface area (Å²) < 4.78 is 6.64. The summed E-state index contributed by atoms with van der Waals surface area (Å²) in [5.74, 6) is -0.617. The number of benzene rings is 1. The molecule has 2 rings (SSSR count). The number of hydrogen-bond donors (Lipinski definition) is 3. The van der Waals surface area contributed by atoms with Gasteiger partial charge in [-0.25, -0.2) is 9.48 Å². The summed E-state index contributed by atoms with van der Waals surface area (Å²) in [6.07, 6.45) is 8.17. The maximum atomic E-state index is 11.5. The van der Waals surface area contributed by atoms with Gasteiger partial charge in [-0.1, -0.05) is 45.1 Å². The maximum Gasteiger partial charge on any atom is 0.354 e. The molecule has 5 N–H and O–H groups in total. The Morgan fingerprint density at radius 1 is 1.20 bits per heavy atom. The smallest absolute Gasteiger partial charge is 0.354 e. The molecule has 30 heavy (non-hydrogen) atoms. The molecule has 0 saturated carbocycles. The van der Waals surface area contributed by atoms with E-state index in [0.717, 1.165) is 23.4 Å². The van der Waals surface area contributed by atoms with Crippen LogP contribution in [0.1, 0.15) is 51.4 Å². The van der Waals surface area contributed by atoms with Crippen LogP contribution in [0.25, 0.3) is 11.8 Å². The molecule has 0 aliphatic carbocycles. The summed E-state index contributed by atoms with van der Waals surface area (Å²) in [5.41, 5.74) is 13.9. The lowest BCUT2D eigenvalue weighted by atomic mass is 10.1. The van der Waals surface area contributed by atoms with Gasteiger partial charge in [0.05, 0.1) is 23.7 Å². The zero-order valence-corrected chi connectivity index (χ0v) is 18.9. The van der Waals surface area contributed by atoms with Crippen LogP contribution in [-0.4, -0.2) is 35.1 Å². The van der Waals surface area contributed by atoms with Gasteiger partial charge in [-0.3, -0.25) is 0 Å². The third kappa shape index (κ3) is 7.67. The summed E-state index contributed by atoms with van der Waals surface area (Å²) in [6, 6.07) is 7.36. The number of nitrogens with zero attached hydrogens (tertiary/aromatic N) is 2. The number of aromatic nitrogens is 2. The van der Waals surface area contributed by atoms with E-state index in [1.807, 2.05) is 55.9 Å². The summed E-state index contributed by atoms with van der Waals surface area (Å²) in [5, 5.41) is 12.7. The lowest BCUT2D eigenvalue weighted by molar-refractivity contribution is -0.138. The monoisotopic (exact) mass is 413 g/mol. The highest BCUT2D eigenvalue weighted by Crippen LogP contribution is 2.16. The van der Waals surface area contributed by atoms with Crippen molar-refractivity contribution in [3.63, 3.8) is 0 Å². The molecule has 164 valence electrons. The van der Waals surface area contributed by atoms with Crippen LogP contribution < -0.4 is 11.5 Å². The predicted molar refractivity (Wildman–Crippen MR) is 125 cm³/mol. The van der Waals surface area contributed by atoms with Gasteiger partial charge in [0.15, 0.2) is 0 Å². The van der Waals surface area contributed by atoms with E-state index in [2.05, 4.69) is 17.8 Å². The molecule has 2 aromatic rings. The number of allylic oxidation sites excluding steroid dienone is 2. The second-order valence-electron chi connectivity index (χ2n) is 5.61. The molecule has 0 saturated heterocycles. The van der Waals surface area contributed by atoms with E-state index in [-0.39, 0.29) is 18.0 Å². The first-order chi connectivity index (χ1) is 14.5. The molecule has 0 amide bonds. The van der Waals surface area contributed by atoms with E-state index in [1.165, 1.54) is 13.1 Å². The van der Waals surface area contributed by atoms with E-state index < -0.39 is 5.97 Å². The molecular weight excluding hydrogens is 378 g/mol. The van der Waals surface area contributed by atoms with Crippen LogP contribution in [-0.2, 0) is 16.0 Å². The Hall–Kier alpha value is -3.19. The Balaban J connectivity index is 0.00000198. The lowest BCUT2D eigenvalue weighted by Crippen LogP contribution is -2.16. The Bertz CT molecular complexity index is 849. The van der Waals surface area contributed by atoms with Crippen LogP contribution in [0.5, 0.6) is 0 Å². The number of carbonyl (C=O) groups excluding carboxylic acids is 1. The fourth-order valence-corrected chi connectivity index (χ4v) is 2.45. The number of esters is 1. The first kappa shape index (κ1) is 26.8. The van der Waals surface area contributed by atoms with Crippen LogP contribution in [0.3, 0.4) is 0 Å².